The van der Waals surface area contributed by atoms with Crippen LogP contribution in [0.25, 0.3) is 10.2 Å². The third-order valence-electron chi connectivity index (χ3n) is 5.58. The first-order valence-corrected chi connectivity index (χ1v) is 10.6. The summed E-state index contributed by atoms with van der Waals surface area (Å²) in [4.78, 5) is 24.8. The molecule has 0 aromatic carbocycles. The maximum absolute atomic E-state index is 12.6. The standard InChI is InChI=1S/C19H27N5OS/c25-18(21-8-5-14-3-1-7-20-11-14)15-4-2-9-24(12-15)17-16-6-10-26-19(16)23-13-22-17/h6,10,13-15,20H,1-5,7-9,11-12H2,(H,21,25). The van der Waals surface area contributed by atoms with Crippen LogP contribution >= 0.6 is 11.3 Å². The third kappa shape index (κ3) is 3.99. The molecule has 4 heterocycles. The molecule has 0 aliphatic carbocycles. The summed E-state index contributed by atoms with van der Waals surface area (Å²) in [6.07, 6.45) is 7.24. The van der Waals surface area contributed by atoms with Crippen LogP contribution in [-0.4, -0.2) is 48.6 Å². The first-order valence-electron chi connectivity index (χ1n) is 9.73. The van der Waals surface area contributed by atoms with Crippen LogP contribution in [-0.2, 0) is 4.79 Å². The molecule has 0 radical (unpaired) electrons. The Bertz CT molecular complexity index is 742. The summed E-state index contributed by atoms with van der Waals surface area (Å²) in [7, 11) is 0. The number of fused-ring (bicyclic) bond motifs is 1. The second-order valence-electron chi connectivity index (χ2n) is 7.41. The molecule has 2 N–H and O–H groups in total. The van der Waals surface area contributed by atoms with Crippen LogP contribution in [0, 0.1) is 11.8 Å². The molecule has 2 aliphatic rings. The topological polar surface area (TPSA) is 70.2 Å². The van der Waals surface area contributed by atoms with Gasteiger partial charge in [-0.3, -0.25) is 4.79 Å². The number of rotatable bonds is 5. The normalized spacial score (nSPS) is 23.9. The Kier molecular flexibility index (Phi) is 5.65. The fourth-order valence-corrected chi connectivity index (χ4v) is 4.85. The van der Waals surface area contributed by atoms with E-state index in [2.05, 4.69) is 36.9 Å². The van der Waals surface area contributed by atoms with Gasteiger partial charge in [0.1, 0.15) is 17.0 Å². The van der Waals surface area contributed by atoms with E-state index >= 15 is 0 Å². The van der Waals surface area contributed by atoms with Crippen LogP contribution < -0.4 is 15.5 Å². The van der Waals surface area contributed by atoms with Gasteiger partial charge < -0.3 is 15.5 Å². The van der Waals surface area contributed by atoms with Crippen LogP contribution in [0.1, 0.15) is 32.1 Å². The average Bonchev–Trinajstić information content (AvgIpc) is 3.18. The number of piperidine rings is 2. The Morgan fingerprint density at radius 2 is 2.31 bits per heavy atom. The molecule has 2 atom stereocenters. The van der Waals surface area contributed by atoms with Gasteiger partial charge in [-0.2, -0.15) is 0 Å². The molecular weight excluding hydrogens is 346 g/mol. The molecule has 2 aromatic rings. The van der Waals surface area contributed by atoms with Gasteiger partial charge in [0, 0.05) is 19.6 Å². The van der Waals surface area contributed by atoms with Crippen molar-refractivity contribution in [1.82, 2.24) is 20.6 Å². The Labute approximate surface area is 158 Å². The lowest BCUT2D eigenvalue weighted by molar-refractivity contribution is -0.125. The summed E-state index contributed by atoms with van der Waals surface area (Å²) >= 11 is 1.63. The summed E-state index contributed by atoms with van der Waals surface area (Å²) in [5.74, 6) is 1.94. The zero-order chi connectivity index (χ0) is 17.8. The second-order valence-corrected chi connectivity index (χ2v) is 8.31. The van der Waals surface area contributed by atoms with E-state index in [0.29, 0.717) is 5.92 Å². The molecule has 0 spiro atoms. The number of aromatic nitrogens is 2. The van der Waals surface area contributed by atoms with E-state index in [1.54, 1.807) is 17.7 Å². The highest BCUT2D eigenvalue weighted by atomic mass is 32.1. The monoisotopic (exact) mass is 373 g/mol. The van der Waals surface area contributed by atoms with Crippen molar-refractivity contribution >= 4 is 33.3 Å². The van der Waals surface area contributed by atoms with Gasteiger partial charge in [-0.25, -0.2) is 9.97 Å². The molecule has 2 unspecified atom stereocenters. The number of nitrogens with zero attached hydrogens (tertiary/aromatic N) is 3. The van der Waals surface area contributed by atoms with Crippen molar-refractivity contribution in [2.75, 3.05) is 37.6 Å². The van der Waals surface area contributed by atoms with Crippen LogP contribution in [0.2, 0.25) is 0 Å². The molecule has 2 aliphatic heterocycles. The number of nitrogens with one attached hydrogen (secondary N) is 2. The van der Waals surface area contributed by atoms with Crippen molar-refractivity contribution in [1.29, 1.82) is 0 Å². The predicted octanol–water partition coefficient (Wildman–Crippen LogP) is 2.41. The molecule has 140 valence electrons. The molecule has 0 bridgehead atoms. The average molecular weight is 374 g/mol. The lowest BCUT2D eigenvalue weighted by Crippen LogP contribution is -2.44. The van der Waals surface area contributed by atoms with E-state index < -0.39 is 0 Å². The minimum absolute atomic E-state index is 0.0527. The fourth-order valence-electron chi connectivity index (χ4n) is 4.13. The zero-order valence-corrected chi connectivity index (χ0v) is 15.9. The summed E-state index contributed by atoms with van der Waals surface area (Å²) in [5, 5.41) is 9.77. The molecule has 7 heteroatoms. The maximum Gasteiger partial charge on any atom is 0.224 e. The van der Waals surface area contributed by atoms with Gasteiger partial charge in [0.2, 0.25) is 5.91 Å². The number of carbonyl (C=O) groups is 1. The maximum atomic E-state index is 12.6. The number of anilines is 1. The lowest BCUT2D eigenvalue weighted by Gasteiger charge is -2.33. The van der Waals surface area contributed by atoms with Crippen molar-refractivity contribution < 1.29 is 4.79 Å². The first kappa shape index (κ1) is 17.7. The predicted molar refractivity (Wildman–Crippen MR) is 106 cm³/mol. The number of hydrogen-bond acceptors (Lipinski definition) is 6. The van der Waals surface area contributed by atoms with Gasteiger partial charge in [0.05, 0.1) is 11.3 Å². The third-order valence-corrected chi connectivity index (χ3v) is 6.40. The van der Waals surface area contributed by atoms with Crippen molar-refractivity contribution in [2.24, 2.45) is 11.8 Å². The zero-order valence-electron chi connectivity index (χ0n) is 15.1. The minimum atomic E-state index is 0.0527. The summed E-state index contributed by atoms with van der Waals surface area (Å²) in [6, 6.07) is 2.08. The quantitative estimate of drug-likeness (QED) is 0.842. The number of amides is 1. The Morgan fingerprint density at radius 1 is 1.35 bits per heavy atom. The van der Waals surface area contributed by atoms with Crippen molar-refractivity contribution in [3.63, 3.8) is 0 Å². The van der Waals surface area contributed by atoms with E-state index in [0.717, 1.165) is 68.0 Å². The van der Waals surface area contributed by atoms with Crippen molar-refractivity contribution in [3.8, 4) is 0 Å². The molecule has 0 saturated carbocycles. The Morgan fingerprint density at radius 3 is 3.19 bits per heavy atom. The Hall–Kier alpha value is -1.73. The first-order chi connectivity index (χ1) is 12.8. The van der Waals surface area contributed by atoms with Crippen LogP contribution in [0.3, 0.4) is 0 Å². The number of hydrogen-bond donors (Lipinski definition) is 2. The molecule has 6 nitrogen and oxygen atoms in total. The van der Waals surface area contributed by atoms with Crippen molar-refractivity contribution in [2.45, 2.75) is 32.1 Å². The smallest absolute Gasteiger partial charge is 0.224 e. The number of thiophene rings is 1. The fraction of sp³-hybridized carbons (Fsp3) is 0.632. The van der Waals surface area contributed by atoms with Crippen LogP contribution in [0.4, 0.5) is 5.82 Å². The van der Waals surface area contributed by atoms with E-state index in [4.69, 9.17) is 0 Å². The SMILES string of the molecule is O=C(NCCC1CCCNC1)C1CCCN(c2ncnc3sccc23)C1. The minimum Gasteiger partial charge on any atom is -0.356 e. The molecule has 2 aromatic heterocycles. The molecule has 2 fully saturated rings. The van der Waals surface area contributed by atoms with Gasteiger partial charge in [-0.1, -0.05) is 0 Å². The summed E-state index contributed by atoms with van der Waals surface area (Å²) < 4.78 is 0. The van der Waals surface area contributed by atoms with Gasteiger partial charge in [-0.05, 0) is 62.6 Å². The summed E-state index contributed by atoms with van der Waals surface area (Å²) in [5.41, 5.74) is 0. The van der Waals surface area contributed by atoms with Crippen LogP contribution in [0.5, 0.6) is 0 Å². The molecule has 2 saturated heterocycles. The van der Waals surface area contributed by atoms with Gasteiger partial charge in [0.15, 0.2) is 0 Å². The van der Waals surface area contributed by atoms with E-state index in [9.17, 15) is 4.79 Å². The highest BCUT2D eigenvalue weighted by Gasteiger charge is 2.27. The highest BCUT2D eigenvalue weighted by molar-refractivity contribution is 7.16. The van der Waals surface area contributed by atoms with Crippen LogP contribution in [0.15, 0.2) is 17.8 Å². The molecule has 26 heavy (non-hydrogen) atoms. The van der Waals surface area contributed by atoms with Crippen molar-refractivity contribution in [3.05, 3.63) is 17.8 Å². The molecule has 1 amide bonds. The molecule has 4 rings (SSSR count). The lowest BCUT2D eigenvalue weighted by atomic mass is 9.95. The van der Waals surface area contributed by atoms with Gasteiger partial charge in [0.25, 0.3) is 0 Å². The summed E-state index contributed by atoms with van der Waals surface area (Å²) in [6.45, 7) is 4.74. The Balaban J connectivity index is 1.33. The largest absolute Gasteiger partial charge is 0.356 e. The van der Waals surface area contributed by atoms with Gasteiger partial charge in [-0.15, -0.1) is 11.3 Å². The van der Waals surface area contributed by atoms with Gasteiger partial charge >= 0.3 is 0 Å². The molecular formula is C19H27N5OS. The number of carbonyl (C=O) groups excluding carboxylic acids is 1. The van der Waals surface area contributed by atoms with E-state index in [-0.39, 0.29) is 11.8 Å². The van der Waals surface area contributed by atoms with E-state index in [1.807, 2.05) is 0 Å². The highest BCUT2D eigenvalue weighted by Crippen LogP contribution is 2.29. The van der Waals surface area contributed by atoms with E-state index in [1.165, 1.54) is 12.8 Å². The second kappa shape index (κ2) is 8.31.